The topological polar surface area (TPSA) is 65.5 Å². The molecule has 1 saturated carbocycles. The lowest BCUT2D eigenvalue weighted by Crippen LogP contribution is -2.41. The van der Waals surface area contributed by atoms with Crippen molar-refractivity contribution in [1.82, 2.24) is 16.0 Å². The van der Waals surface area contributed by atoms with Crippen LogP contribution in [-0.4, -0.2) is 38.0 Å². The molecule has 0 spiro atoms. The highest BCUT2D eigenvalue weighted by Crippen LogP contribution is 2.28. The van der Waals surface area contributed by atoms with Gasteiger partial charge in [-0.05, 0) is 25.7 Å². The fourth-order valence-electron chi connectivity index (χ4n) is 1.28. The van der Waals surface area contributed by atoms with Gasteiger partial charge in [-0.3, -0.25) is 9.79 Å². The summed E-state index contributed by atoms with van der Waals surface area (Å²) in [5.74, 6) is 1.65. The average Bonchev–Trinajstić information content (AvgIpc) is 3.04. The van der Waals surface area contributed by atoms with Gasteiger partial charge in [0.25, 0.3) is 0 Å². The van der Waals surface area contributed by atoms with Crippen LogP contribution in [0.5, 0.6) is 0 Å². The second kappa shape index (κ2) is 7.09. The zero-order chi connectivity index (χ0) is 11.8. The van der Waals surface area contributed by atoms with E-state index in [0.29, 0.717) is 13.1 Å². The van der Waals surface area contributed by atoms with Crippen LogP contribution in [0.25, 0.3) is 0 Å². The number of guanidine groups is 1. The number of nitrogens with one attached hydrogen (secondary N) is 3. The molecule has 0 radical (unpaired) electrons. The highest BCUT2D eigenvalue weighted by Gasteiger charge is 2.20. The Balaban J connectivity index is 2.15. The second-order valence-corrected chi connectivity index (χ2v) is 4.07. The molecule has 92 valence electrons. The first-order valence-electron chi connectivity index (χ1n) is 5.99. The minimum atomic E-state index is 0.00159. The molecule has 16 heavy (non-hydrogen) atoms. The van der Waals surface area contributed by atoms with Gasteiger partial charge in [0.05, 0.1) is 0 Å². The lowest BCUT2D eigenvalue weighted by Gasteiger charge is -2.11. The van der Waals surface area contributed by atoms with Crippen molar-refractivity contribution in [2.24, 2.45) is 10.9 Å². The minimum absolute atomic E-state index is 0.00159. The SMILES string of the molecule is CCNC(=NCC1CC1)NCCNC(C)=O. The van der Waals surface area contributed by atoms with Crippen molar-refractivity contribution in [2.75, 3.05) is 26.2 Å². The van der Waals surface area contributed by atoms with Crippen LogP contribution in [0, 0.1) is 5.92 Å². The van der Waals surface area contributed by atoms with Gasteiger partial charge in [-0.2, -0.15) is 0 Å². The summed E-state index contributed by atoms with van der Waals surface area (Å²) in [5.41, 5.74) is 0. The molecular formula is C11H22N4O. The average molecular weight is 226 g/mol. The summed E-state index contributed by atoms with van der Waals surface area (Å²) in [6, 6.07) is 0. The maximum Gasteiger partial charge on any atom is 0.216 e. The quantitative estimate of drug-likeness (QED) is 0.341. The zero-order valence-corrected chi connectivity index (χ0v) is 10.2. The highest BCUT2D eigenvalue weighted by molar-refractivity contribution is 5.79. The van der Waals surface area contributed by atoms with Crippen molar-refractivity contribution in [1.29, 1.82) is 0 Å². The summed E-state index contributed by atoms with van der Waals surface area (Å²) in [7, 11) is 0. The molecule has 0 bridgehead atoms. The molecule has 0 unspecified atom stereocenters. The lowest BCUT2D eigenvalue weighted by atomic mass is 10.4. The summed E-state index contributed by atoms with van der Waals surface area (Å²) in [4.78, 5) is 15.1. The molecule has 0 aromatic rings. The Morgan fingerprint density at radius 3 is 2.50 bits per heavy atom. The van der Waals surface area contributed by atoms with E-state index in [1.807, 2.05) is 6.92 Å². The van der Waals surface area contributed by atoms with Crippen LogP contribution in [0.4, 0.5) is 0 Å². The summed E-state index contributed by atoms with van der Waals surface area (Å²) >= 11 is 0. The third-order valence-corrected chi connectivity index (χ3v) is 2.34. The molecule has 1 rings (SSSR count). The van der Waals surface area contributed by atoms with E-state index in [-0.39, 0.29) is 5.91 Å². The Hall–Kier alpha value is -1.26. The lowest BCUT2D eigenvalue weighted by molar-refractivity contribution is -0.118. The molecule has 5 nitrogen and oxygen atoms in total. The third kappa shape index (κ3) is 6.27. The standard InChI is InChI=1S/C11H22N4O/c1-3-12-11(15-8-10-4-5-10)14-7-6-13-9(2)16/h10H,3-8H2,1-2H3,(H,13,16)(H2,12,14,15). The Kier molecular flexibility index (Phi) is 5.67. The highest BCUT2D eigenvalue weighted by atomic mass is 16.1. The number of aliphatic imine (C=N–C) groups is 1. The van der Waals surface area contributed by atoms with Crippen molar-refractivity contribution >= 4 is 11.9 Å². The Morgan fingerprint density at radius 2 is 1.94 bits per heavy atom. The molecule has 5 heteroatoms. The normalized spacial score (nSPS) is 15.8. The van der Waals surface area contributed by atoms with Crippen molar-refractivity contribution < 1.29 is 4.79 Å². The fraction of sp³-hybridized carbons (Fsp3) is 0.818. The van der Waals surface area contributed by atoms with E-state index in [1.165, 1.54) is 19.8 Å². The van der Waals surface area contributed by atoms with E-state index in [4.69, 9.17) is 0 Å². The Morgan fingerprint density at radius 1 is 1.25 bits per heavy atom. The van der Waals surface area contributed by atoms with Gasteiger partial charge in [-0.25, -0.2) is 0 Å². The van der Waals surface area contributed by atoms with Gasteiger partial charge in [0.1, 0.15) is 0 Å². The van der Waals surface area contributed by atoms with Gasteiger partial charge in [-0.15, -0.1) is 0 Å². The summed E-state index contributed by atoms with van der Waals surface area (Å²) in [6.07, 6.45) is 2.63. The van der Waals surface area contributed by atoms with Gasteiger partial charge in [-0.1, -0.05) is 0 Å². The third-order valence-electron chi connectivity index (χ3n) is 2.34. The van der Waals surface area contributed by atoms with Crippen molar-refractivity contribution in [3.8, 4) is 0 Å². The molecule has 1 aliphatic rings. The van der Waals surface area contributed by atoms with Crippen LogP contribution in [0.1, 0.15) is 26.7 Å². The van der Waals surface area contributed by atoms with Gasteiger partial charge in [0.15, 0.2) is 5.96 Å². The van der Waals surface area contributed by atoms with Crippen LogP contribution >= 0.6 is 0 Å². The van der Waals surface area contributed by atoms with Crippen LogP contribution in [0.15, 0.2) is 4.99 Å². The summed E-state index contributed by atoms with van der Waals surface area (Å²) in [5, 5.41) is 9.10. The van der Waals surface area contributed by atoms with E-state index >= 15 is 0 Å². The summed E-state index contributed by atoms with van der Waals surface area (Å²) < 4.78 is 0. The molecule has 1 fully saturated rings. The van der Waals surface area contributed by atoms with Crippen LogP contribution < -0.4 is 16.0 Å². The molecule has 0 aliphatic heterocycles. The van der Waals surface area contributed by atoms with Crippen LogP contribution in [0.3, 0.4) is 0 Å². The summed E-state index contributed by atoms with van der Waals surface area (Å²) in [6.45, 7) is 6.67. The molecule has 0 aromatic carbocycles. The van der Waals surface area contributed by atoms with E-state index in [1.54, 1.807) is 0 Å². The number of nitrogens with zero attached hydrogens (tertiary/aromatic N) is 1. The van der Waals surface area contributed by atoms with Crippen LogP contribution in [0.2, 0.25) is 0 Å². The van der Waals surface area contributed by atoms with Gasteiger partial charge >= 0.3 is 0 Å². The Bertz CT molecular complexity index is 248. The Labute approximate surface area is 97.1 Å². The van der Waals surface area contributed by atoms with Crippen molar-refractivity contribution in [3.63, 3.8) is 0 Å². The monoisotopic (exact) mass is 226 g/mol. The van der Waals surface area contributed by atoms with Gasteiger partial charge in [0.2, 0.25) is 5.91 Å². The number of hydrogen-bond acceptors (Lipinski definition) is 2. The van der Waals surface area contributed by atoms with Crippen molar-refractivity contribution in [3.05, 3.63) is 0 Å². The number of rotatable bonds is 6. The molecule has 3 N–H and O–H groups in total. The number of hydrogen-bond donors (Lipinski definition) is 3. The molecule has 0 atom stereocenters. The minimum Gasteiger partial charge on any atom is -0.357 e. The first-order chi connectivity index (χ1) is 7.72. The first kappa shape index (κ1) is 12.8. The van der Waals surface area contributed by atoms with Crippen molar-refractivity contribution in [2.45, 2.75) is 26.7 Å². The number of carbonyl (C=O) groups is 1. The number of amides is 1. The predicted molar refractivity (Wildman–Crippen MR) is 65.4 cm³/mol. The number of carbonyl (C=O) groups excluding carboxylic acids is 1. The zero-order valence-electron chi connectivity index (χ0n) is 10.2. The smallest absolute Gasteiger partial charge is 0.216 e. The van der Waals surface area contributed by atoms with E-state index in [9.17, 15) is 4.79 Å². The van der Waals surface area contributed by atoms with Gasteiger partial charge in [0, 0.05) is 33.1 Å². The van der Waals surface area contributed by atoms with E-state index < -0.39 is 0 Å². The van der Waals surface area contributed by atoms with Gasteiger partial charge < -0.3 is 16.0 Å². The van der Waals surface area contributed by atoms with E-state index in [2.05, 4.69) is 20.9 Å². The molecule has 1 aliphatic carbocycles. The van der Waals surface area contributed by atoms with Crippen LogP contribution in [-0.2, 0) is 4.79 Å². The molecule has 0 heterocycles. The fourth-order valence-corrected chi connectivity index (χ4v) is 1.28. The molecular weight excluding hydrogens is 204 g/mol. The largest absolute Gasteiger partial charge is 0.357 e. The predicted octanol–water partition coefficient (Wildman–Crippen LogP) is 0.0876. The first-order valence-corrected chi connectivity index (χ1v) is 5.99. The maximum absolute atomic E-state index is 10.7. The molecule has 0 saturated heterocycles. The molecule has 0 aromatic heterocycles. The van der Waals surface area contributed by atoms with E-state index in [0.717, 1.165) is 25.0 Å². The maximum atomic E-state index is 10.7. The molecule has 1 amide bonds. The second-order valence-electron chi connectivity index (χ2n) is 4.07.